The number of nitrogens with zero attached hydrogens (tertiary/aromatic N) is 1. The van der Waals surface area contributed by atoms with E-state index in [0.29, 0.717) is 34.2 Å². The highest BCUT2D eigenvalue weighted by molar-refractivity contribution is 6.51. The highest BCUT2D eigenvalue weighted by Gasteiger charge is 2.47. The fraction of sp³-hybridized carbons (Fsp3) is 0.241. The van der Waals surface area contributed by atoms with Gasteiger partial charge in [-0.25, -0.2) is 0 Å². The van der Waals surface area contributed by atoms with Crippen LogP contribution in [0.25, 0.3) is 5.76 Å². The van der Waals surface area contributed by atoms with Crippen LogP contribution in [0.2, 0.25) is 10.0 Å². The number of halogens is 2. The molecule has 0 bridgehead atoms. The third-order valence-electron chi connectivity index (χ3n) is 6.16. The van der Waals surface area contributed by atoms with Crippen LogP contribution in [0.1, 0.15) is 50.4 Å². The molecule has 7 heteroatoms. The van der Waals surface area contributed by atoms with Crippen molar-refractivity contribution in [3.8, 4) is 5.75 Å². The average Bonchev–Trinajstić information content (AvgIpc) is 3.11. The molecule has 4 rings (SSSR count). The number of benzene rings is 3. The highest BCUT2D eigenvalue weighted by atomic mass is 35.5. The molecule has 1 aliphatic heterocycles. The number of ketones is 1. The summed E-state index contributed by atoms with van der Waals surface area (Å²) < 4.78 is 5.52. The Labute approximate surface area is 220 Å². The van der Waals surface area contributed by atoms with Gasteiger partial charge < -0.3 is 9.84 Å². The predicted molar refractivity (Wildman–Crippen MR) is 144 cm³/mol. The summed E-state index contributed by atoms with van der Waals surface area (Å²) in [5, 5.41) is 11.8. The van der Waals surface area contributed by atoms with Gasteiger partial charge in [-0.05, 0) is 65.9 Å². The van der Waals surface area contributed by atoms with Crippen molar-refractivity contribution in [2.24, 2.45) is 0 Å². The van der Waals surface area contributed by atoms with Crippen LogP contribution in [-0.2, 0) is 15.0 Å². The molecule has 0 aliphatic carbocycles. The largest absolute Gasteiger partial charge is 0.507 e. The Kier molecular flexibility index (Phi) is 7.17. The topological polar surface area (TPSA) is 66.8 Å². The van der Waals surface area contributed by atoms with Gasteiger partial charge in [0.05, 0.1) is 28.3 Å². The van der Waals surface area contributed by atoms with E-state index in [0.717, 1.165) is 5.56 Å². The number of hydrogen-bond acceptors (Lipinski definition) is 4. The normalized spacial score (nSPS) is 17.5. The molecule has 1 heterocycles. The zero-order valence-electron chi connectivity index (χ0n) is 20.5. The molecule has 1 saturated heterocycles. The molecule has 1 aliphatic rings. The number of aliphatic hydroxyl groups is 1. The second-order valence-corrected chi connectivity index (χ2v) is 10.4. The minimum Gasteiger partial charge on any atom is -0.507 e. The van der Waals surface area contributed by atoms with E-state index in [-0.39, 0.29) is 21.8 Å². The fourth-order valence-electron chi connectivity index (χ4n) is 4.25. The van der Waals surface area contributed by atoms with Crippen LogP contribution in [0.5, 0.6) is 5.75 Å². The summed E-state index contributed by atoms with van der Waals surface area (Å²) in [5.74, 6) is -1.17. The van der Waals surface area contributed by atoms with Crippen molar-refractivity contribution in [2.45, 2.75) is 39.2 Å². The molecule has 0 spiro atoms. The zero-order chi connectivity index (χ0) is 26.2. The van der Waals surface area contributed by atoms with Crippen LogP contribution in [0, 0.1) is 0 Å². The van der Waals surface area contributed by atoms with Crippen LogP contribution >= 0.6 is 23.2 Å². The van der Waals surface area contributed by atoms with Crippen molar-refractivity contribution in [3.05, 3.63) is 99.0 Å². The molecule has 0 saturated carbocycles. The smallest absolute Gasteiger partial charge is 0.300 e. The fourth-order valence-corrected chi connectivity index (χ4v) is 4.55. The molecule has 3 aromatic carbocycles. The number of amides is 1. The van der Waals surface area contributed by atoms with E-state index in [2.05, 4.69) is 20.8 Å². The quantitative estimate of drug-likeness (QED) is 0.216. The van der Waals surface area contributed by atoms with Crippen molar-refractivity contribution < 1.29 is 19.4 Å². The van der Waals surface area contributed by atoms with Gasteiger partial charge in [-0.1, -0.05) is 68.2 Å². The van der Waals surface area contributed by atoms with Gasteiger partial charge >= 0.3 is 0 Å². The van der Waals surface area contributed by atoms with E-state index in [9.17, 15) is 14.7 Å². The van der Waals surface area contributed by atoms with Crippen LogP contribution in [-0.4, -0.2) is 23.4 Å². The molecule has 1 N–H and O–H groups in total. The van der Waals surface area contributed by atoms with Crippen LogP contribution < -0.4 is 9.64 Å². The van der Waals surface area contributed by atoms with Crippen molar-refractivity contribution >= 4 is 46.3 Å². The zero-order valence-corrected chi connectivity index (χ0v) is 22.0. The molecular formula is C29H27Cl2NO4. The van der Waals surface area contributed by atoms with E-state index >= 15 is 0 Å². The first-order valence-corrected chi connectivity index (χ1v) is 12.4. The first-order chi connectivity index (χ1) is 17.0. The van der Waals surface area contributed by atoms with Gasteiger partial charge in [-0.2, -0.15) is 0 Å². The molecule has 186 valence electrons. The number of aliphatic hydroxyl groups excluding tert-OH is 1. The number of Topliss-reactive ketones (excluding diaryl/α,β-unsaturated/α-hetero) is 1. The Morgan fingerprint density at radius 3 is 2.14 bits per heavy atom. The van der Waals surface area contributed by atoms with Gasteiger partial charge in [-0.15, -0.1) is 0 Å². The third kappa shape index (κ3) is 4.86. The lowest BCUT2D eigenvalue weighted by Crippen LogP contribution is -2.29. The lowest BCUT2D eigenvalue weighted by Gasteiger charge is -2.26. The van der Waals surface area contributed by atoms with Crippen molar-refractivity contribution in [1.29, 1.82) is 0 Å². The summed E-state index contributed by atoms with van der Waals surface area (Å²) in [5.41, 5.74) is 2.52. The van der Waals surface area contributed by atoms with Crippen LogP contribution in [0.4, 0.5) is 5.69 Å². The van der Waals surface area contributed by atoms with Crippen molar-refractivity contribution in [2.75, 3.05) is 11.5 Å². The van der Waals surface area contributed by atoms with E-state index in [1.807, 2.05) is 31.2 Å². The summed E-state index contributed by atoms with van der Waals surface area (Å²) in [6.07, 6.45) is 0. The van der Waals surface area contributed by atoms with Crippen molar-refractivity contribution in [3.63, 3.8) is 0 Å². The summed E-state index contributed by atoms with van der Waals surface area (Å²) in [7, 11) is 0. The number of carbonyl (C=O) groups is 2. The standard InChI is InChI=1S/C29H27Cl2NO4/c1-5-36-21-13-11-20(12-14-21)32-25(17-6-9-19(10-7-17)29(2,3)4)24(27(34)28(32)35)26(33)18-8-15-22(30)23(31)16-18/h6-16,25,33H,5H2,1-4H3/b26-24-. The van der Waals surface area contributed by atoms with Crippen LogP contribution in [0.15, 0.2) is 72.3 Å². The summed E-state index contributed by atoms with van der Waals surface area (Å²) >= 11 is 12.2. The number of carbonyl (C=O) groups excluding carboxylic acids is 2. The van der Waals surface area contributed by atoms with Crippen molar-refractivity contribution in [1.82, 2.24) is 0 Å². The number of anilines is 1. The maximum atomic E-state index is 13.3. The maximum Gasteiger partial charge on any atom is 0.300 e. The lowest BCUT2D eigenvalue weighted by molar-refractivity contribution is -0.132. The van der Waals surface area contributed by atoms with Gasteiger partial charge in [0.2, 0.25) is 0 Å². The Morgan fingerprint density at radius 2 is 1.58 bits per heavy atom. The average molecular weight is 524 g/mol. The second-order valence-electron chi connectivity index (χ2n) is 9.60. The van der Waals surface area contributed by atoms with E-state index in [4.69, 9.17) is 27.9 Å². The summed E-state index contributed by atoms with van der Waals surface area (Å²) in [6, 6.07) is 18.4. The highest BCUT2D eigenvalue weighted by Crippen LogP contribution is 2.43. The van der Waals surface area contributed by atoms with Gasteiger partial charge in [0.1, 0.15) is 11.5 Å². The SMILES string of the molecule is CCOc1ccc(N2C(=O)C(=O)/C(=C(\O)c3ccc(Cl)c(Cl)c3)C2c2ccc(C(C)(C)C)cc2)cc1. The number of hydrogen-bond donors (Lipinski definition) is 1. The Balaban J connectivity index is 1.90. The third-order valence-corrected chi connectivity index (χ3v) is 6.89. The Bertz CT molecular complexity index is 1340. The molecule has 1 atom stereocenters. The van der Waals surface area contributed by atoms with Crippen LogP contribution in [0.3, 0.4) is 0 Å². The minimum absolute atomic E-state index is 0.0178. The number of ether oxygens (including phenoxy) is 1. The second kappa shape index (κ2) is 10.00. The maximum absolute atomic E-state index is 13.3. The predicted octanol–water partition coefficient (Wildman–Crippen LogP) is 7.32. The van der Waals surface area contributed by atoms with Gasteiger partial charge in [0.15, 0.2) is 0 Å². The summed E-state index contributed by atoms with van der Waals surface area (Å²) in [4.78, 5) is 28.1. The molecule has 1 unspecified atom stereocenters. The first-order valence-electron chi connectivity index (χ1n) is 11.6. The lowest BCUT2D eigenvalue weighted by atomic mass is 9.85. The van der Waals surface area contributed by atoms with E-state index in [1.165, 1.54) is 17.0 Å². The monoisotopic (exact) mass is 523 g/mol. The van der Waals surface area contributed by atoms with Gasteiger partial charge in [0, 0.05) is 11.3 Å². The molecule has 0 radical (unpaired) electrons. The Morgan fingerprint density at radius 1 is 0.944 bits per heavy atom. The molecular weight excluding hydrogens is 497 g/mol. The van der Waals surface area contributed by atoms with E-state index < -0.39 is 17.7 Å². The molecule has 0 aromatic heterocycles. The molecule has 3 aromatic rings. The van der Waals surface area contributed by atoms with Gasteiger partial charge in [0.25, 0.3) is 11.7 Å². The summed E-state index contributed by atoms with van der Waals surface area (Å²) in [6.45, 7) is 8.72. The first kappa shape index (κ1) is 25.8. The molecule has 36 heavy (non-hydrogen) atoms. The Hall–Kier alpha value is -3.28. The molecule has 5 nitrogen and oxygen atoms in total. The molecule has 1 amide bonds. The molecule has 1 fully saturated rings. The number of rotatable bonds is 5. The minimum atomic E-state index is -0.841. The van der Waals surface area contributed by atoms with E-state index in [1.54, 1.807) is 30.3 Å². The van der Waals surface area contributed by atoms with Gasteiger partial charge in [-0.3, -0.25) is 14.5 Å².